The summed E-state index contributed by atoms with van der Waals surface area (Å²) in [6.45, 7) is 0.691. The van der Waals surface area contributed by atoms with E-state index in [1.165, 1.54) is 6.42 Å². The first kappa shape index (κ1) is 12.8. The highest BCUT2D eigenvalue weighted by Gasteiger charge is 2.45. The van der Waals surface area contributed by atoms with Crippen LogP contribution in [0.1, 0.15) is 43.7 Å². The number of nitrogens with zero attached hydrogens (tertiary/aromatic N) is 2. The van der Waals surface area contributed by atoms with Crippen molar-refractivity contribution >= 4 is 5.78 Å². The number of hydrogen-bond donors (Lipinski definition) is 1. The Morgan fingerprint density at radius 3 is 3.00 bits per heavy atom. The van der Waals surface area contributed by atoms with E-state index in [1.807, 2.05) is 13.2 Å². The third kappa shape index (κ3) is 2.32. The molecule has 104 valence electrons. The van der Waals surface area contributed by atoms with Gasteiger partial charge >= 0.3 is 0 Å². The van der Waals surface area contributed by atoms with Crippen molar-refractivity contribution in [2.24, 2.45) is 18.7 Å². The zero-order valence-electron chi connectivity index (χ0n) is 11.3. The molecular weight excluding hydrogens is 242 g/mol. The predicted molar refractivity (Wildman–Crippen MR) is 70.4 cm³/mol. The molecule has 1 aliphatic heterocycles. The van der Waals surface area contributed by atoms with Gasteiger partial charge in [0.25, 0.3) is 0 Å². The fourth-order valence-electron chi connectivity index (χ4n) is 3.21. The Labute approximate surface area is 113 Å². The molecule has 2 heterocycles. The fourth-order valence-corrected chi connectivity index (χ4v) is 3.21. The van der Waals surface area contributed by atoms with Crippen LogP contribution in [0.2, 0.25) is 0 Å². The summed E-state index contributed by atoms with van der Waals surface area (Å²) in [5.41, 5.74) is 6.89. The second-order valence-corrected chi connectivity index (χ2v) is 5.90. The molecule has 2 aliphatic rings. The van der Waals surface area contributed by atoms with Crippen molar-refractivity contribution in [1.82, 2.24) is 9.78 Å². The van der Waals surface area contributed by atoms with E-state index in [0.717, 1.165) is 31.2 Å². The lowest BCUT2D eigenvalue weighted by molar-refractivity contribution is -0.156. The van der Waals surface area contributed by atoms with E-state index in [-0.39, 0.29) is 17.3 Å². The van der Waals surface area contributed by atoms with E-state index in [0.29, 0.717) is 6.61 Å². The van der Waals surface area contributed by atoms with Crippen molar-refractivity contribution in [2.45, 2.75) is 43.7 Å². The molecule has 5 nitrogen and oxygen atoms in total. The Bertz CT molecular complexity index is 479. The van der Waals surface area contributed by atoms with Crippen LogP contribution < -0.4 is 5.73 Å². The quantitative estimate of drug-likeness (QED) is 0.893. The van der Waals surface area contributed by atoms with E-state index in [4.69, 9.17) is 10.5 Å². The summed E-state index contributed by atoms with van der Waals surface area (Å²) in [7, 11) is 1.83. The summed E-state index contributed by atoms with van der Waals surface area (Å²) in [4.78, 5) is 12.5. The van der Waals surface area contributed by atoms with Gasteiger partial charge in [0.2, 0.25) is 0 Å². The zero-order valence-corrected chi connectivity index (χ0v) is 11.3. The molecule has 1 saturated heterocycles. The van der Waals surface area contributed by atoms with Gasteiger partial charge in [0.05, 0.1) is 17.8 Å². The second-order valence-electron chi connectivity index (χ2n) is 5.90. The van der Waals surface area contributed by atoms with Gasteiger partial charge < -0.3 is 10.5 Å². The summed E-state index contributed by atoms with van der Waals surface area (Å²) in [6, 6.07) is -0.547. The Kier molecular flexibility index (Phi) is 3.19. The molecule has 1 spiro atoms. The molecule has 1 saturated carbocycles. The first-order chi connectivity index (χ1) is 9.10. The van der Waals surface area contributed by atoms with Gasteiger partial charge in [0.1, 0.15) is 0 Å². The standard InChI is InChI=1S/C14H21N3O2/c1-17-9-11(8-16-17)12(15)13(18)10-3-6-19-14(7-10)4-2-5-14/h8-10,12H,2-7,15H2,1H3. The normalized spacial score (nSPS) is 26.9. The summed E-state index contributed by atoms with van der Waals surface area (Å²) in [5.74, 6) is 0.187. The molecule has 19 heavy (non-hydrogen) atoms. The molecule has 0 amide bonds. The average molecular weight is 263 g/mol. The minimum atomic E-state index is -0.547. The highest BCUT2D eigenvalue weighted by molar-refractivity contribution is 5.87. The van der Waals surface area contributed by atoms with Crippen molar-refractivity contribution < 1.29 is 9.53 Å². The van der Waals surface area contributed by atoms with Gasteiger partial charge in [-0.1, -0.05) is 0 Å². The number of rotatable bonds is 3. The summed E-state index contributed by atoms with van der Waals surface area (Å²) in [6.07, 6.45) is 8.56. The number of ether oxygens (including phenoxy) is 1. The first-order valence-electron chi connectivity index (χ1n) is 7.01. The Hall–Kier alpha value is -1.20. The van der Waals surface area contributed by atoms with Gasteiger partial charge in [-0.2, -0.15) is 5.10 Å². The van der Waals surface area contributed by atoms with Gasteiger partial charge in [0.15, 0.2) is 5.78 Å². The molecule has 2 atom stereocenters. The minimum absolute atomic E-state index is 0.00671. The Morgan fingerprint density at radius 1 is 1.63 bits per heavy atom. The number of carbonyl (C=O) groups excluding carboxylic acids is 1. The van der Waals surface area contributed by atoms with Crippen LogP contribution in [0.3, 0.4) is 0 Å². The van der Waals surface area contributed by atoms with Crippen molar-refractivity contribution in [3.8, 4) is 0 Å². The Morgan fingerprint density at radius 2 is 2.42 bits per heavy atom. The molecule has 2 fully saturated rings. The SMILES string of the molecule is Cn1cc(C(N)C(=O)C2CCOC3(CCC3)C2)cn1. The molecule has 5 heteroatoms. The number of aromatic nitrogens is 2. The molecule has 0 radical (unpaired) electrons. The molecular formula is C14H21N3O2. The molecule has 2 N–H and O–H groups in total. The highest BCUT2D eigenvalue weighted by Crippen LogP contribution is 2.45. The molecule has 1 aromatic heterocycles. The largest absolute Gasteiger partial charge is 0.375 e. The van der Waals surface area contributed by atoms with E-state index in [2.05, 4.69) is 5.10 Å². The molecule has 2 unspecified atom stereocenters. The maximum absolute atomic E-state index is 12.5. The van der Waals surface area contributed by atoms with Crippen LogP contribution in [0.25, 0.3) is 0 Å². The topological polar surface area (TPSA) is 70.1 Å². The van der Waals surface area contributed by atoms with Crippen LogP contribution >= 0.6 is 0 Å². The summed E-state index contributed by atoms with van der Waals surface area (Å²) < 4.78 is 7.54. The van der Waals surface area contributed by atoms with Gasteiger partial charge in [-0.15, -0.1) is 0 Å². The third-order valence-electron chi connectivity index (χ3n) is 4.55. The molecule has 1 aliphatic carbocycles. The van der Waals surface area contributed by atoms with E-state index in [9.17, 15) is 4.79 Å². The summed E-state index contributed by atoms with van der Waals surface area (Å²) >= 11 is 0. The fraction of sp³-hybridized carbons (Fsp3) is 0.714. The van der Waals surface area contributed by atoms with Crippen LogP contribution in [-0.2, 0) is 16.6 Å². The van der Waals surface area contributed by atoms with Crippen LogP contribution in [0.5, 0.6) is 0 Å². The maximum Gasteiger partial charge on any atom is 0.157 e. The van der Waals surface area contributed by atoms with E-state index >= 15 is 0 Å². The minimum Gasteiger partial charge on any atom is -0.375 e. The van der Waals surface area contributed by atoms with Gasteiger partial charge in [-0.3, -0.25) is 9.48 Å². The van der Waals surface area contributed by atoms with Gasteiger partial charge in [-0.05, 0) is 32.1 Å². The molecule has 0 bridgehead atoms. The lowest BCUT2D eigenvalue weighted by atomic mass is 9.70. The van der Waals surface area contributed by atoms with Crippen molar-refractivity contribution in [3.05, 3.63) is 18.0 Å². The number of nitrogens with two attached hydrogens (primary N) is 1. The Balaban J connectivity index is 1.69. The van der Waals surface area contributed by atoms with Crippen LogP contribution in [-0.4, -0.2) is 27.8 Å². The third-order valence-corrected chi connectivity index (χ3v) is 4.55. The smallest absolute Gasteiger partial charge is 0.157 e. The maximum atomic E-state index is 12.5. The van der Waals surface area contributed by atoms with Crippen molar-refractivity contribution in [3.63, 3.8) is 0 Å². The number of hydrogen-bond acceptors (Lipinski definition) is 4. The second kappa shape index (κ2) is 4.72. The number of carbonyl (C=O) groups is 1. The number of ketones is 1. The zero-order chi connectivity index (χ0) is 13.5. The van der Waals surface area contributed by atoms with Crippen LogP contribution in [0.15, 0.2) is 12.4 Å². The molecule has 0 aromatic carbocycles. The number of Topliss-reactive ketones (excluding diaryl/α,β-unsaturated/α-hetero) is 1. The van der Waals surface area contributed by atoms with E-state index < -0.39 is 6.04 Å². The van der Waals surface area contributed by atoms with E-state index in [1.54, 1.807) is 10.9 Å². The monoisotopic (exact) mass is 263 g/mol. The van der Waals surface area contributed by atoms with Gasteiger partial charge in [0, 0.05) is 31.3 Å². The molecule has 1 aromatic rings. The van der Waals surface area contributed by atoms with Crippen molar-refractivity contribution in [2.75, 3.05) is 6.61 Å². The van der Waals surface area contributed by atoms with Crippen molar-refractivity contribution in [1.29, 1.82) is 0 Å². The number of aryl methyl sites for hydroxylation is 1. The predicted octanol–water partition coefficient (Wildman–Crippen LogP) is 1.34. The lowest BCUT2D eigenvalue weighted by Gasteiger charge is -2.47. The average Bonchev–Trinajstić information content (AvgIpc) is 2.82. The van der Waals surface area contributed by atoms with Crippen LogP contribution in [0, 0.1) is 5.92 Å². The molecule has 3 rings (SSSR count). The highest BCUT2D eigenvalue weighted by atomic mass is 16.5. The first-order valence-corrected chi connectivity index (χ1v) is 7.01. The summed E-state index contributed by atoms with van der Waals surface area (Å²) in [5, 5.41) is 4.08. The lowest BCUT2D eigenvalue weighted by Crippen LogP contribution is -2.48. The van der Waals surface area contributed by atoms with Gasteiger partial charge in [-0.25, -0.2) is 0 Å². The van der Waals surface area contributed by atoms with Crippen LogP contribution in [0.4, 0.5) is 0 Å².